The van der Waals surface area contributed by atoms with Crippen molar-refractivity contribution in [1.82, 2.24) is 10.2 Å². The molecule has 10 nitrogen and oxygen atoms in total. The Bertz CT molecular complexity index is 1430. The van der Waals surface area contributed by atoms with Crippen LogP contribution in [0.5, 0.6) is 0 Å². The minimum absolute atomic E-state index is 0.0411. The molecule has 218 valence electrons. The number of non-ortho nitro benzene ring substituents is 1. The number of benzene rings is 3. The number of rotatable bonds is 14. The first-order chi connectivity index (χ1) is 19.6. The van der Waals surface area contributed by atoms with Crippen molar-refractivity contribution in [3.63, 3.8) is 0 Å². The third-order valence-electron chi connectivity index (χ3n) is 6.65. The fourth-order valence-electron chi connectivity index (χ4n) is 4.30. The molecule has 3 aromatic rings. The van der Waals surface area contributed by atoms with Gasteiger partial charge in [-0.2, -0.15) is 0 Å². The zero-order valence-electron chi connectivity index (χ0n) is 23.5. The molecular formula is C30H36N4O6S. The van der Waals surface area contributed by atoms with E-state index >= 15 is 0 Å². The Kier molecular flexibility index (Phi) is 11.0. The van der Waals surface area contributed by atoms with E-state index in [2.05, 4.69) is 5.32 Å². The Balaban J connectivity index is 2.03. The van der Waals surface area contributed by atoms with Gasteiger partial charge in [-0.1, -0.05) is 68.3 Å². The Morgan fingerprint density at radius 1 is 0.951 bits per heavy atom. The second-order valence-electron chi connectivity index (χ2n) is 9.67. The molecule has 0 spiro atoms. The summed E-state index contributed by atoms with van der Waals surface area (Å²) in [5.74, 6) is -0.893. The second-order valence-corrected chi connectivity index (χ2v) is 11.5. The Morgan fingerprint density at radius 2 is 1.59 bits per heavy atom. The molecule has 0 aromatic heterocycles. The van der Waals surface area contributed by atoms with E-state index in [0.717, 1.165) is 28.3 Å². The predicted molar refractivity (Wildman–Crippen MR) is 158 cm³/mol. The quantitative estimate of drug-likeness (QED) is 0.165. The van der Waals surface area contributed by atoms with Crippen LogP contribution in [0.15, 0.2) is 83.8 Å². The van der Waals surface area contributed by atoms with Crippen LogP contribution in [-0.2, 0) is 26.2 Å². The average Bonchev–Trinajstić information content (AvgIpc) is 2.97. The van der Waals surface area contributed by atoms with E-state index in [1.54, 1.807) is 25.1 Å². The highest BCUT2D eigenvalue weighted by molar-refractivity contribution is 7.92. The number of nitro benzene ring substituents is 1. The Morgan fingerprint density at radius 3 is 2.15 bits per heavy atom. The van der Waals surface area contributed by atoms with Gasteiger partial charge in [-0.15, -0.1) is 0 Å². The second kappa shape index (κ2) is 14.4. The fraction of sp³-hybridized carbons (Fsp3) is 0.333. The van der Waals surface area contributed by atoms with E-state index in [0.29, 0.717) is 13.0 Å². The number of aryl methyl sites for hydroxylation is 1. The normalized spacial score (nSPS) is 11.9. The van der Waals surface area contributed by atoms with Crippen LogP contribution in [0.2, 0.25) is 0 Å². The van der Waals surface area contributed by atoms with Crippen LogP contribution < -0.4 is 9.62 Å². The standard InChI is InChI=1S/C30H36N4O6S/c1-4-6-20-31-30(36)28(5-2)32(21-24-14-12-23(3)13-15-24)29(35)22-33(25-16-18-26(19-17-25)34(37)38)41(39,40)27-10-8-7-9-11-27/h7-19,28H,4-6,20-22H2,1-3H3,(H,31,36)/t28-/m0/s1. The minimum Gasteiger partial charge on any atom is -0.354 e. The minimum atomic E-state index is -4.25. The summed E-state index contributed by atoms with van der Waals surface area (Å²) in [6, 6.07) is 19.3. The van der Waals surface area contributed by atoms with E-state index in [1.807, 2.05) is 38.1 Å². The lowest BCUT2D eigenvalue weighted by atomic mass is 10.1. The molecule has 0 fully saturated rings. The summed E-state index contributed by atoms with van der Waals surface area (Å²) in [4.78, 5) is 39.2. The topological polar surface area (TPSA) is 130 Å². The molecule has 3 aromatic carbocycles. The van der Waals surface area contributed by atoms with Crippen molar-refractivity contribution in [2.45, 2.75) is 57.5 Å². The first-order valence-electron chi connectivity index (χ1n) is 13.5. The number of nitrogens with one attached hydrogen (secondary N) is 1. The van der Waals surface area contributed by atoms with Crippen LogP contribution in [0.25, 0.3) is 0 Å². The summed E-state index contributed by atoms with van der Waals surface area (Å²) in [5, 5.41) is 14.1. The van der Waals surface area contributed by atoms with Crippen LogP contribution >= 0.6 is 0 Å². The van der Waals surface area contributed by atoms with Gasteiger partial charge < -0.3 is 10.2 Å². The number of nitro groups is 1. The number of sulfonamides is 1. The van der Waals surface area contributed by atoms with Crippen molar-refractivity contribution in [1.29, 1.82) is 0 Å². The number of anilines is 1. The summed E-state index contributed by atoms with van der Waals surface area (Å²) in [7, 11) is -4.25. The molecule has 0 aliphatic carbocycles. The summed E-state index contributed by atoms with van der Waals surface area (Å²) in [6.45, 7) is 5.71. The number of unbranched alkanes of at least 4 members (excludes halogenated alkanes) is 1. The average molecular weight is 581 g/mol. The van der Waals surface area contributed by atoms with Gasteiger partial charge in [0.05, 0.1) is 15.5 Å². The van der Waals surface area contributed by atoms with Crippen LogP contribution in [-0.4, -0.2) is 49.2 Å². The van der Waals surface area contributed by atoms with Gasteiger partial charge in [0.1, 0.15) is 12.6 Å². The zero-order valence-corrected chi connectivity index (χ0v) is 24.3. The highest BCUT2D eigenvalue weighted by Crippen LogP contribution is 2.26. The molecule has 0 saturated heterocycles. The highest BCUT2D eigenvalue weighted by Gasteiger charge is 2.33. The maximum absolute atomic E-state index is 14.0. The monoisotopic (exact) mass is 580 g/mol. The van der Waals surface area contributed by atoms with Crippen LogP contribution in [0, 0.1) is 17.0 Å². The Hall–Kier alpha value is -4.25. The molecule has 3 rings (SSSR count). The first kappa shape index (κ1) is 31.3. The molecule has 1 atom stereocenters. The molecule has 0 aliphatic heterocycles. The maximum Gasteiger partial charge on any atom is 0.269 e. The molecule has 41 heavy (non-hydrogen) atoms. The fourth-order valence-corrected chi connectivity index (χ4v) is 5.74. The van der Waals surface area contributed by atoms with Crippen LogP contribution in [0.3, 0.4) is 0 Å². The number of amides is 2. The summed E-state index contributed by atoms with van der Waals surface area (Å²) < 4.78 is 28.5. The van der Waals surface area contributed by atoms with Crippen LogP contribution in [0.1, 0.15) is 44.2 Å². The lowest BCUT2D eigenvalue weighted by Crippen LogP contribution is -2.52. The van der Waals surface area contributed by atoms with Gasteiger partial charge >= 0.3 is 0 Å². The van der Waals surface area contributed by atoms with Gasteiger partial charge in [-0.3, -0.25) is 24.0 Å². The van der Waals surface area contributed by atoms with E-state index in [1.165, 1.54) is 41.3 Å². The van der Waals surface area contributed by atoms with Gasteiger partial charge in [0.25, 0.3) is 15.7 Å². The van der Waals surface area contributed by atoms with Gasteiger partial charge in [-0.05, 0) is 49.6 Å². The van der Waals surface area contributed by atoms with Crippen molar-refractivity contribution in [2.75, 3.05) is 17.4 Å². The van der Waals surface area contributed by atoms with Crippen molar-refractivity contribution < 1.29 is 22.9 Å². The molecule has 1 N–H and O–H groups in total. The van der Waals surface area contributed by atoms with E-state index in [-0.39, 0.29) is 28.7 Å². The van der Waals surface area contributed by atoms with Gasteiger partial charge in [0.15, 0.2) is 0 Å². The zero-order chi connectivity index (χ0) is 30.0. The van der Waals surface area contributed by atoms with Crippen molar-refractivity contribution >= 4 is 33.2 Å². The van der Waals surface area contributed by atoms with Crippen molar-refractivity contribution in [3.05, 3.63) is 100 Å². The number of carbonyl (C=O) groups is 2. The predicted octanol–water partition coefficient (Wildman–Crippen LogP) is 4.82. The molecular weight excluding hydrogens is 544 g/mol. The summed E-state index contributed by atoms with van der Waals surface area (Å²) in [5.41, 5.74) is 1.70. The summed E-state index contributed by atoms with van der Waals surface area (Å²) in [6.07, 6.45) is 2.00. The summed E-state index contributed by atoms with van der Waals surface area (Å²) >= 11 is 0. The lowest BCUT2D eigenvalue weighted by molar-refractivity contribution is -0.384. The maximum atomic E-state index is 14.0. The van der Waals surface area contributed by atoms with Crippen molar-refractivity contribution in [2.24, 2.45) is 0 Å². The molecule has 0 bridgehead atoms. The number of carbonyl (C=O) groups excluding carboxylic acids is 2. The number of hydrogen-bond acceptors (Lipinski definition) is 6. The van der Waals surface area contributed by atoms with Crippen LogP contribution in [0.4, 0.5) is 11.4 Å². The van der Waals surface area contributed by atoms with Gasteiger partial charge in [-0.25, -0.2) is 8.42 Å². The Labute approximate surface area is 241 Å². The molecule has 0 heterocycles. The molecule has 0 radical (unpaired) electrons. The third-order valence-corrected chi connectivity index (χ3v) is 8.44. The van der Waals surface area contributed by atoms with Gasteiger partial charge in [0, 0.05) is 25.2 Å². The highest BCUT2D eigenvalue weighted by atomic mass is 32.2. The molecule has 11 heteroatoms. The van der Waals surface area contributed by atoms with Crippen molar-refractivity contribution in [3.8, 4) is 0 Å². The molecule has 0 aliphatic rings. The van der Waals surface area contributed by atoms with E-state index < -0.39 is 33.4 Å². The lowest BCUT2D eigenvalue weighted by Gasteiger charge is -2.33. The first-order valence-corrected chi connectivity index (χ1v) is 15.0. The van der Waals surface area contributed by atoms with Gasteiger partial charge in [0.2, 0.25) is 11.8 Å². The third kappa shape index (κ3) is 8.14. The molecule has 0 unspecified atom stereocenters. The SMILES string of the molecule is CCCCNC(=O)[C@H](CC)N(Cc1ccc(C)cc1)C(=O)CN(c1ccc([N+](=O)[O-])cc1)S(=O)(=O)c1ccccc1. The van der Waals surface area contributed by atoms with E-state index in [4.69, 9.17) is 0 Å². The molecule has 0 saturated carbocycles. The van der Waals surface area contributed by atoms with E-state index in [9.17, 15) is 28.1 Å². The number of nitrogens with zero attached hydrogens (tertiary/aromatic N) is 3. The molecule has 2 amide bonds. The smallest absolute Gasteiger partial charge is 0.269 e. The largest absolute Gasteiger partial charge is 0.354 e. The number of hydrogen-bond donors (Lipinski definition) is 1.